The smallest absolute Gasteiger partial charge is 0.181 e. The highest BCUT2D eigenvalue weighted by atomic mass is 32.2. The molecule has 2 rings (SSSR count). The summed E-state index contributed by atoms with van der Waals surface area (Å²) >= 11 is 0. The molecule has 6 heteroatoms. The van der Waals surface area contributed by atoms with E-state index in [1.165, 1.54) is 0 Å². The van der Waals surface area contributed by atoms with Crippen LogP contribution in [-0.4, -0.2) is 63.5 Å². The minimum absolute atomic E-state index is 0.221. The van der Waals surface area contributed by atoms with E-state index >= 15 is 0 Å². The lowest BCUT2D eigenvalue weighted by molar-refractivity contribution is -0.188. The number of sulfone groups is 1. The number of hydrogen-bond acceptors (Lipinski definition) is 5. The van der Waals surface area contributed by atoms with Gasteiger partial charge in [-0.3, -0.25) is 4.90 Å². The van der Waals surface area contributed by atoms with Crippen molar-refractivity contribution in [3.8, 4) is 0 Å². The molecule has 2 saturated heterocycles. The summed E-state index contributed by atoms with van der Waals surface area (Å²) < 4.78 is 34.2. The molecule has 0 aliphatic carbocycles. The van der Waals surface area contributed by atoms with Crippen LogP contribution in [0, 0.1) is 0 Å². The third-order valence-electron chi connectivity index (χ3n) is 3.47. The van der Waals surface area contributed by atoms with Gasteiger partial charge in [0.1, 0.15) is 0 Å². The molecule has 0 atom stereocenters. The molecule has 0 aromatic heterocycles. The van der Waals surface area contributed by atoms with Crippen molar-refractivity contribution in [2.75, 3.05) is 44.4 Å². The molecule has 0 aromatic rings. The van der Waals surface area contributed by atoms with Crippen molar-refractivity contribution in [3.05, 3.63) is 0 Å². The van der Waals surface area contributed by atoms with Gasteiger partial charge in [0.2, 0.25) is 0 Å². The van der Waals surface area contributed by atoms with Gasteiger partial charge in [-0.1, -0.05) is 6.92 Å². The number of likely N-dealkylation sites (tertiary alicyclic amines) is 1. The Bertz CT molecular complexity index is 348. The normalized spacial score (nSPS) is 25.5. The Morgan fingerprint density at radius 3 is 2.65 bits per heavy atom. The van der Waals surface area contributed by atoms with Crippen molar-refractivity contribution >= 4 is 9.84 Å². The lowest BCUT2D eigenvalue weighted by Gasteiger charge is -2.38. The maximum absolute atomic E-state index is 11.5. The molecule has 2 aliphatic rings. The predicted molar refractivity (Wildman–Crippen MR) is 64.6 cm³/mol. The van der Waals surface area contributed by atoms with Crippen LogP contribution in [0.2, 0.25) is 0 Å². The minimum Gasteiger partial charge on any atom is -0.346 e. The molecule has 100 valence electrons. The van der Waals surface area contributed by atoms with Crippen LogP contribution in [0.4, 0.5) is 0 Å². The molecular formula is C11H21NO4S. The van der Waals surface area contributed by atoms with Gasteiger partial charge in [-0.15, -0.1) is 0 Å². The average molecular weight is 263 g/mol. The monoisotopic (exact) mass is 263 g/mol. The van der Waals surface area contributed by atoms with Crippen LogP contribution in [0.25, 0.3) is 0 Å². The first-order valence-corrected chi connectivity index (χ1v) is 8.08. The van der Waals surface area contributed by atoms with E-state index in [1.807, 2.05) is 0 Å². The zero-order chi connectivity index (χ0) is 12.4. The first-order valence-electron chi connectivity index (χ1n) is 6.26. The average Bonchev–Trinajstić information content (AvgIpc) is 2.75. The van der Waals surface area contributed by atoms with Gasteiger partial charge in [-0.25, -0.2) is 8.42 Å². The maximum Gasteiger partial charge on any atom is 0.181 e. The largest absolute Gasteiger partial charge is 0.346 e. The molecule has 2 fully saturated rings. The van der Waals surface area contributed by atoms with E-state index in [1.54, 1.807) is 6.92 Å². The van der Waals surface area contributed by atoms with E-state index in [9.17, 15) is 8.42 Å². The summed E-state index contributed by atoms with van der Waals surface area (Å²) in [7, 11) is -2.88. The Hall–Kier alpha value is -0.170. The van der Waals surface area contributed by atoms with Crippen LogP contribution in [0.3, 0.4) is 0 Å². The molecular weight excluding hydrogens is 242 g/mol. The quantitative estimate of drug-likeness (QED) is 0.728. The van der Waals surface area contributed by atoms with Crippen molar-refractivity contribution in [1.29, 1.82) is 0 Å². The second kappa shape index (κ2) is 5.22. The number of nitrogens with zero attached hydrogens (tertiary/aromatic N) is 1. The molecule has 0 aromatic carbocycles. The fraction of sp³-hybridized carbons (Fsp3) is 1.00. The van der Waals surface area contributed by atoms with Gasteiger partial charge in [0, 0.05) is 18.7 Å². The lowest BCUT2D eigenvalue weighted by atomic mass is 10.0. The van der Waals surface area contributed by atoms with E-state index < -0.39 is 15.6 Å². The molecule has 2 heterocycles. The molecule has 0 bridgehead atoms. The van der Waals surface area contributed by atoms with Gasteiger partial charge < -0.3 is 9.47 Å². The van der Waals surface area contributed by atoms with Gasteiger partial charge in [0.25, 0.3) is 0 Å². The van der Waals surface area contributed by atoms with E-state index in [0.29, 0.717) is 26.3 Å². The Balaban J connectivity index is 1.85. The van der Waals surface area contributed by atoms with Gasteiger partial charge in [-0.05, 0) is 13.0 Å². The highest BCUT2D eigenvalue weighted by Crippen LogP contribution is 2.29. The fourth-order valence-electron chi connectivity index (χ4n) is 2.41. The van der Waals surface area contributed by atoms with Gasteiger partial charge in [0.15, 0.2) is 15.6 Å². The first kappa shape index (κ1) is 13.3. The summed E-state index contributed by atoms with van der Waals surface area (Å²) in [6, 6.07) is 0. The Labute approximate surface area is 103 Å². The Morgan fingerprint density at radius 2 is 2.00 bits per heavy atom. The van der Waals surface area contributed by atoms with E-state index in [0.717, 1.165) is 19.4 Å². The zero-order valence-corrected chi connectivity index (χ0v) is 11.2. The highest BCUT2D eigenvalue weighted by molar-refractivity contribution is 7.91. The second-order valence-electron chi connectivity index (χ2n) is 4.72. The van der Waals surface area contributed by atoms with Crippen LogP contribution >= 0.6 is 0 Å². The standard InChI is InChI=1S/C11H21NO4S/c1-2-17(13,14)9-6-12-5-3-4-11(10-12)15-7-8-16-11/h2-10H2,1H3. The van der Waals surface area contributed by atoms with Crippen LogP contribution < -0.4 is 0 Å². The molecule has 0 radical (unpaired) electrons. The highest BCUT2D eigenvalue weighted by Gasteiger charge is 2.40. The first-order chi connectivity index (χ1) is 8.05. The van der Waals surface area contributed by atoms with Gasteiger partial charge in [-0.2, -0.15) is 0 Å². The number of ether oxygens (including phenoxy) is 2. The third-order valence-corrected chi connectivity index (χ3v) is 5.15. The van der Waals surface area contributed by atoms with Crippen LogP contribution in [0.15, 0.2) is 0 Å². The van der Waals surface area contributed by atoms with Crippen molar-refractivity contribution < 1.29 is 17.9 Å². The molecule has 2 aliphatic heterocycles. The van der Waals surface area contributed by atoms with Crippen molar-refractivity contribution in [2.24, 2.45) is 0 Å². The van der Waals surface area contributed by atoms with E-state index in [4.69, 9.17) is 9.47 Å². The summed E-state index contributed by atoms with van der Waals surface area (Å²) in [6.07, 6.45) is 1.93. The lowest BCUT2D eigenvalue weighted by Crippen LogP contribution is -2.50. The number of rotatable bonds is 4. The van der Waals surface area contributed by atoms with Gasteiger partial charge >= 0.3 is 0 Å². The Morgan fingerprint density at radius 1 is 1.29 bits per heavy atom. The molecule has 0 saturated carbocycles. The van der Waals surface area contributed by atoms with E-state index in [-0.39, 0.29) is 11.5 Å². The fourth-order valence-corrected chi connectivity index (χ4v) is 3.23. The summed E-state index contributed by atoms with van der Waals surface area (Å²) in [5.74, 6) is 0.00674. The SMILES string of the molecule is CCS(=O)(=O)CCN1CCCC2(C1)OCCO2. The molecule has 17 heavy (non-hydrogen) atoms. The van der Waals surface area contributed by atoms with Crippen LogP contribution in [-0.2, 0) is 19.3 Å². The summed E-state index contributed by atoms with van der Waals surface area (Å²) in [6.45, 7) is 5.23. The second-order valence-corrected chi connectivity index (χ2v) is 7.20. The summed E-state index contributed by atoms with van der Waals surface area (Å²) in [5, 5.41) is 0. The number of hydrogen-bond donors (Lipinski definition) is 0. The topological polar surface area (TPSA) is 55.8 Å². The van der Waals surface area contributed by atoms with Crippen LogP contribution in [0.1, 0.15) is 19.8 Å². The number of piperidine rings is 1. The van der Waals surface area contributed by atoms with Crippen LogP contribution in [0.5, 0.6) is 0 Å². The molecule has 1 spiro atoms. The van der Waals surface area contributed by atoms with Gasteiger partial charge in [0.05, 0.1) is 25.5 Å². The summed E-state index contributed by atoms with van der Waals surface area (Å²) in [5.41, 5.74) is 0. The predicted octanol–water partition coefficient (Wildman–Crippen LogP) is 0.260. The third kappa shape index (κ3) is 3.40. The molecule has 0 amide bonds. The Kier molecular flexibility index (Phi) is 4.07. The van der Waals surface area contributed by atoms with Crippen molar-refractivity contribution in [1.82, 2.24) is 4.90 Å². The molecule has 0 unspecified atom stereocenters. The molecule has 0 N–H and O–H groups in total. The van der Waals surface area contributed by atoms with Crippen molar-refractivity contribution in [2.45, 2.75) is 25.6 Å². The zero-order valence-electron chi connectivity index (χ0n) is 10.4. The minimum atomic E-state index is -2.88. The molecule has 5 nitrogen and oxygen atoms in total. The maximum atomic E-state index is 11.5. The summed E-state index contributed by atoms with van der Waals surface area (Å²) in [4.78, 5) is 2.14. The van der Waals surface area contributed by atoms with E-state index in [2.05, 4.69) is 4.90 Å². The van der Waals surface area contributed by atoms with Crippen molar-refractivity contribution in [3.63, 3.8) is 0 Å².